The number of ether oxygens (including phenoxy) is 2. The second kappa shape index (κ2) is 9.65. The van der Waals surface area contributed by atoms with Crippen molar-refractivity contribution in [2.24, 2.45) is 0 Å². The fourth-order valence-electron chi connectivity index (χ4n) is 1.77. The third-order valence-electron chi connectivity index (χ3n) is 2.56. The molecule has 9 heteroatoms. The standard InChI is InChI=1S/C11H23BO4PS2.Ce/c1-7-8(16-17(5)13)9(10(12)15-7)14-6-18-19-11(2,3)4;/h7-10H,6,12H2,1-5H3;/q-1;+1/i1D;. The summed E-state index contributed by atoms with van der Waals surface area (Å²) in [5.41, 5.74) is 0. The average Bonchev–Trinajstić information content (AvgIpc) is 2.69. The van der Waals surface area contributed by atoms with Gasteiger partial charge in [-0.15, -0.1) is 0 Å². The van der Waals surface area contributed by atoms with Crippen LogP contribution in [0.3, 0.4) is 0 Å². The Morgan fingerprint density at radius 2 is 2.15 bits per heavy atom. The van der Waals surface area contributed by atoms with Gasteiger partial charge in [-0.1, -0.05) is 0 Å². The molecule has 5 atom stereocenters. The molecule has 0 aromatic rings. The Labute approximate surface area is 162 Å². The van der Waals surface area contributed by atoms with E-state index in [1.807, 2.05) is 14.5 Å². The minimum atomic E-state index is -0.898. The van der Waals surface area contributed by atoms with Crippen molar-refractivity contribution < 1.29 is 56.4 Å². The molecule has 1 aliphatic rings. The zero-order valence-corrected chi connectivity index (χ0v) is 18.3. The number of hydrogen-bond acceptors (Lipinski definition) is 6. The van der Waals surface area contributed by atoms with Crippen LogP contribution in [0.4, 0.5) is 0 Å². The zero-order valence-electron chi connectivity index (χ0n) is 13.6. The van der Waals surface area contributed by atoms with Crippen molar-refractivity contribution in [3.63, 3.8) is 0 Å². The maximum absolute atomic E-state index is 7.61. The van der Waals surface area contributed by atoms with E-state index in [2.05, 4.69) is 20.8 Å². The van der Waals surface area contributed by atoms with E-state index in [4.69, 9.17) is 16.1 Å². The van der Waals surface area contributed by atoms with E-state index in [0.717, 1.165) is 0 Å². The van der Waals surface area contributed by atoms with Crippen LogP contribution < -0.4 is 0 Å². The molecule has 1 fully saturated rings. The summed E-state index contributed by atoms with van der Waals surface area (Å²) in [6, 6.07) is -0.0527. The molecule has 0 aliphatic carbocycles. The molecular weight excluding hydrogens is 442 g/mol. The molecule has 0 spiro atoms. The average molecular weight is 466 g/mol. The first-order valence-electron chi connectivity index (χ1n) is 7.10. The Bertz CT molecular complexity index is 316. The third kappa shape index (κ3) is 7.32. The van der Waals surface area contributed by atoms with Crippen LogP contribution in [0.5, 0.6) is 0 Å². The van der Waals surface area contributed by atoms with Gasteiger partial charge in [-0.3, -0.25) is 0 Å². The Morgan fingerprint density at radius 1 is 1.45 bits per heavy atom. The van der Waals surface area contributed by atoms with Crippen LogP contribution in [-0.2, 0) is 14.7 Å². The van der Waals surface area contributed by atoms with E-state index in [0.29, 0.717) is 46.2 Å². The Hall–Kier alpha value is 2.41. The molecular formula is C11H23BCeO4PS2. The van der Waals surface area contributed by atoms with E-state index < -0.39 is 8.38 Å². The van der Waals surface area contributed by atoms with Crippen LogP contribution in [0.2, 0.25) is 0 Å². The predicted octanol–water partition coefficient (Wildman–Crippen LogP) is 2.69. The van der Waals surface area contributed by atoms with Crippen molar-refractivity contribution in [3.8, 4) is 0 Å². The van der Waals surface area contributed by atoms with Gasteiger partial charge in [0.2, 0.25) is 0 Å². The summed E-state index contributed by atoms with van der Waals surface area (Å²) < 4.78 is 30.9. The fraction of sp³-hybridized carbons (Fsp3) is 1.00. The van der Waals surface area contributed by atoms with Crippen molar-refractivity contribution in [2.75, 3.05) is 12.6 Å². The zero-order chi connectivity index (χ0) is 16.0. The van der Waals surface area contributed by atoms with Crippen molar-refractivity contribution in [1.29, 1.82) is 0 Å². The van der Waals surface area contributed by atoms with Crippen LogP contribution in [0.25, 0.3) is 0 Å². The van der Waals surface area contributed by atoms with Gasteiger partial charge in [0.15, 0.2) is 0 Å². The summed E-state index contributed by atoms with van der Waals surface area (Å²) in [7, 11) is 4.59. The first kappa shape index (κ1) is 18.7. The van der Waals surface area contributed by atoms with Gasteiger partial charge < -0.3 is 0 Å². The quantitative estimate of drug-likeness (QED) is 0.189. The fourth-order valence-corrected chi connectivity index (χ4v) is 4.80. The second-order valence-corrected chi connectivity index (χ2v) is 11.6. The van der Waals surface area contributed by atoms with Gasteiger partial charge in [0.05, 0.1) is 0 Å². The molecule has 0 aromatic heterocycles. The molecule has 0 saturated carbocycles. The molecule has 0 bridgehead atoms. The van der Waals surface area contributed by atoms with Gasteiger partial charge in [-0.05, 0) is 0 Å². The molecule has 115 valence electrons. The molecule has 0 aromatic carbocycles. The first-order valence-corrected chi connectivity index (χ1v) is 11.6. The Balaban J connectivity index is 2.51. The van der Waals surface area contributed by atoms with Crippen LogP contribution in [-0.4, -0.2) is 49.5 Å². The van der Waals surface area contributed by atoms with Gasteiger partial charge in [0.25, 0.3) is 0 Å². The molecule has 1 heterocycles. The maximum atomic E-state index is 7.61. The SMILES string of the molecule is [2H]CC1OC(B)C(OCSSC(C)(C)C)C1OP(C)[O][Ce]. The summed E-state index contributed by atoms with van der Waals surface area (Å²) in [4.78, 5) is 0. The van der Waals surface area contributed by atoms with Gasteiger partial charge in [0.1, 0.15) is 0 Å². The molecule has 0 N–H and O–H groups in total. The summed E-state index contributed by atoms with van der Waals surface area (Å²) in [5, 5.41) is 0. The molecule has 20 heavy (non-hydrogen) atoms. The van der Waals surface area contributed by atoms with Crippen LogP contribution in [0, 0.1) is 40.2 Å². The van der Waals surface area contributed by atoms with E-state index in [1.165, 1.54) is 0 Å². The van der Waals surface area contributed by atoms with Gasteiger partial charge in [-0.25, -0.2) is 0 Å². The Morgan fingerprint density at radius 3 is 2.70 bits per heavy atom. The predicted molar refractivity (Wildman–Crippen MR) is 86.4 cm³/mol. The summed E-state index contributed by atoms with van der Waals surface area (Å²) in [6.45, 7) is 8.67. The molecule has 4 nitrogen and oxygen atoms in total. The Kier molecular flexibility index (Phi) is 9.04. The minimum absolute atomic E-state index is 0.0527. The van der Waals surface area contributed by atoms with Crippen LogP contribution in [0.15, 0.2) is 0 Å². The molecule has 1 saturated heterocycles. The number of hydrogen-bond donors (Lipinski definition) is 0. The molecule has 1 aliphatic heterocycles. The van der Waals surface area contributed by atoms with E-state index in [-0.39, 0.29) is 36.0 Å². The topological polar surface area (TPSA) is 36.9 Å². The van der Waals surface area contributed by atoms with Gasteiger partial charge in [0, 0.05) is 0 Å². The van der Waals surface area contributed by atoms with Gasteiger partial charge >= 0.3 is 164 Å². The van der Waals surface area contributed by atoms with E-state index in [1.54, 1.807) is 21.6 Å². The second-order valence-electron chi connectivity index (χ2n) is 5.54. The summed E-state index contributed by atoms with van der Waals surface area (Å²) >= 11 is 0.653. The third-order valence-corrected chi connectivity index (χ3v) is 8.77. The summed E-state index contributed by atoms with van der Waals surface area (Å²) in [5.74, 6) is 0.592. The van der Waals surface area contributed by atoms with Crippen LogP contribution >= 0.6 is 30.0 Å². The van der Waals surface area contributed by atoms with Crippen LogP contribution in [0.1, 0.15) is 29.0 Å². The molecule has 1 rings (SSSR count). The molecule has 5 unspecified atom stereocenters. The van der Waals surface area contributed by atoms with Crippen molar-refractivity contribution in [2.45, 2.75) is 56.7 Å². The van der Waals surface area contributed by atoms with Crippen molar-refractivity contribution >= 4 is 37.8 Å². The first-order chi connectivity index (χ1) is 9.78. The number of rotatable bonds is 7. The normalized spacial score (nSPS) is 33.0. The molecule has 0 amide bonds. The molecule has 0 radical (unpaired) electrons. The monoisotopic (exact) mass is 466 g/mol. The van der Waals surface area contributed by atoms with Crippen molar-refractivity contribution in [3.05, 3.63) is 0 Å². The van der Waals surface area contributed by atoms with E-state index >= 15 is 0 Å². The van der Waals surface area contributed by atoms with E-state index in [9.17, 15) is 0 Å². The summed E-state index contributed by atoms with van der Waals surface area (Å²) in [6.07, 6.45) is -0.565. The van der Waals surface area contributed by atoms with Gasteiger partial charge in [-0.2, -0.15) is 0 Å². The van der Waals surface area contributed by atoms with Crippen molar-refractivity contribution in [1.82, 2.24) is 0 Å².